The average molecular weight is 538 g/mol. The Morgan fingerprint density at radius 1 is 0.892 bits per heavy atom. The van der Waals surface area contributed by atoms with E-state index in [9.17, 15) is 35.6 Å². The molecule has 0 spiro atoms. The SMILES string of the molecule is C[C@@H](NS(=O)(=O)c1ccc(NC(=O)[C@H](Cc2ccccc2)NC(=O)c2ccc(F)cc2)cc1)C(F)(F)F. The van der Waals surface area contributed by atoms with Crippen molar-refractivity contribution in [1.29, 1.82) is 0 Å². The molecule has 0 aromatic heterocycles. The lowest BCUT2D eigenvalue weighted by atomic mass is 10.0. The molecule has 0 aliphatic carbocycles. The molecule has 3 aromatic rings. The van der Waals surface area contributed by atoms with Gasteiger partial charge >= 0.3 is 6.18 Å². The molecule has 3 rings (SSSR count). The van der Waals surface area contributed by atoms with Crippen LogP contribution in [0.2, 0.25) is 0 Å². The van der Waals surface area contributed by atoms with Crippen LogP contribution in [0.3, 0.4) is 0 Å². The van der Waals surface area contributed by atoms with Gasteiger partial charge in [0.05, 0.1) is 4.90 Å². The van der Waals surface area contributed by atoms with Crippen molar-refractivity contribution in [3.8, 4) is 0 Å². The second kappa shape index (κ2) is 11.5. The monoisotopic (exact) mass is 537 g/mol. The molecule has 0 saturated carbocycles. The van der Waals surface area contributed by atoms with Crippen LogP contribution in [-0.4, -0.2) is 38.5 Å². The number of carbonyl (C=O) groups excluding carboxylic acids is 2. The maximum Gasteiger partial charge on any atom is 0.404 e. The lowest BCUT2D eigenvalue weighted by molar-refractivity contribution is -0.147. The predicted octanol–water partition coefficient (Wildman–Crippen LogP) is 4.03. The molecule has 37 heavy (non-hydrogen) atoms. The van der Waals surface area contributed by atoms with Crippen molar-refractivity contribution >= 4 is 27.5 Å². The number of benzene rings is 3. The molecule has 12 heteroatoms. The molecule has 0 saturated heterocycles. The number of rotatable bonds is 9. The average Bonchev–Trinajstić information content (AvgIpc) is 2.84. The van der Waals surface area contributed by atoms with Crippen LogP contribution in [0.4, 0.5) is 23.2 Å². The van der Waals surface area contributed by atoms with Crippen molar-refractivity contribution in [2.24, 2.45) is 0 Å². The number of sulfonamides is 1. The van der Waals surface area contributed by atoms with E-state index in [-0.39, 0.29) is 17.7 Å². The minimum Gasteiger partial charge on any atom is -0.340 e. The fourth-order valence-electron chi connectivity index (χ4n) is 3.22. The molecule has 3 N–H and O–H groups in total. The first kappa shape index (κ1) is 27.8. The molecule has 0 bridgehead atoms. The quantitative estimate of drug-likeness (QED) is 0.359. The summed E-state index contributed by atoms with van der Waals surface area (Å²) in [5, 5.41) is 5.17. The van der Waals surface area contributed by atoms with E-state index in [4.69, 9.17) is 0 Å². The van der Waals surface area contributed by atoms with Crippen LogP contribution in [-0.2, 0) is 21.2 Å². The van der Waals surface area contributed by atoms with Crippen LogP contribution in [0, 0.1) is 5.82 Å². The van der Waals surface area contributed by atoms with E-state index in [1.807, 2.05) is 0 Å². The van der Waals surface area contributed by atoms with Gasteiger partial charge in [-0.25, -0.2) is 12.8 Å². The number of nitrogens with one attached hydrogen (secondary N) is 3. The Hall–Kier alpha value is -3.77. The normalized spacial score (nSPS) is 13.4. The molecule has 2 amide bonds. The highest BCUT2D eigenvalue weighted by molar-refractivity contribution is 7.89. The van der Waals surface area contributed by atoms with E-state index in [1.165, 1.54) is 24.3 Å². The highest BCUT2D eigenvalue weighted by Crippen LogP contribution is 2.22. The number of alkyl halides is 3. The van der Waals surface area contributed by atoms with Gasteiger partial charge in [-0.1, -0.05) is 30.3 Å². The Balaban J connectivity index is 1.75. The largest absolute Gasteiger partial charge is 0.404 e. The number of carbonyl (C=O) groups is 2. The fourth-order valence-corrected chi connectivity index (χ4v) is 4.45. The third kappa shape index (κ3) is 7.86. The summed E-state index contributed by atoms with van der Waals surface area (Å²) >= 11 is 0. The maximum atomic E-state index is 13.2. The van der Waals surface area contributed by atoms with Crippen molar-refractivity contribution in [2.45, 2.75) is 36.5 Å². The predicted molar refractivity (Wildman–Crippen MR) is 129 cm³/mol. The van der Waals surface area contributed by atoms with E-state index in [1.54, 1.807) is 35.1 Å². The van der Waals surface area contributed by atoms with Gasteiger partial charge in [-0.05, 0) is 61.0 Å². The Kier molecular flexibility index (Phi) is 8.66. The zero-order chi connectivity index (χ0) is 27.2. The minimum absolute atomic E-state index is 0.116. The topological polar surface area (TPSA) is 104 Å². The van der Waals surface area contributed by atoms with Crippen LogP contribution in [0.1, 0.15) is 22.8 Å². The molecule has 0 fully saturated rings. The number of hydrogen-bond acceptors (Lipinski definition) is 4. The van der Waals surface area contributed by atoms with Gasteiger partial charge in [0.2, 0.25) is 15.9 Å². The van der Waals surface area contributed by atoms with Crippen molar-refractivity contribution in [3.05, 3.63) is 95.8 Å². The fraction of sp³-hybridized carbons (Fsp3) is 0.200. The number of halogens is 4. The molecule has 196 valence electrons. The summed E-state index contributed by atoms with van der Waals surface area (Å²) in [7, 11) is -4.46. The Morgan fingerprint density at radius 2 is 1.49 bits per heavy atom. The zero-order valence-corrected chi connectivity index (χ0v) is 20.2. The summed E-state index contributed by atoms with van der Waals surface area (Å²) in [6, 6.07) is 14.8. The first-order chi connectivity index (χ1) is 17.3. The van der Waals surface area contributed by atoms with Crippen molar-refractivity contribution in [1.82, 2.24) is 10.0 Å². The summed E-state index contributed by atoms with van der Waals surface area (Å²) in [5.74, 6) is -1.76. The first-order valence-electron chi connectivity index (χ1n) is 11.0. The van der Waals surface area contributed by atoms with Crippen molar-refractivity contribution < 1.29 is 35.6 Å². The second-order valence-corrected chi connectivity index (χ2v) is 9.83. The van der Waals surface area contributed by atoms with E-state index in [2.05, 4.69) is 10.6 Å². The van der Waals surface area contributed by atoms with Gasteiger partial charge in [0, 0.05) is 17.7 Å². The van der Waals surface area contributed by atoms with Crippen LogP contribution in [0.5, 0.6) is 0 Å². The highest BCUT2D eigenvalue weighted by Gasteiger charge is 2.38. The van der Waals surface area contributed by atoms with Crippen LogP contribution >= 0.6 is 0 Å². The second-order valence-electron chi connectivity index (χ2n) is 8.12. The third-order valence-electron chi connectivity index (χ3n) is 5.27. The van der Waals surface area contributed by atoms with Gasteiger partial charge in [-0.2, -0.15) is 17.9 Å². The van der Waals surface area contributed by atoms with Crippen LogP contribution in [0.25, 0.3) is 0 Å². The van der Waals surface area contributed by atoms with Crippen molar-refractivity contribution in [2.75, 3.05) is 5.32 Å². The Morgan fingerprint density at radius 3 is 2.05 bits per heavy atom. The van der Waals surface area contributed by atoms with Gasteiger partial charge in [-0.15, -0.1) is 0 Å². The summed E-state index contributed by atoms with van der Waals surface area (Å²) in [5.41, 5.74) is 1.04. The molecule has 3 aromatic carbocycles. The van der Waals surface area contributed by atoms with Gasteiger partial charge < -0.3 is 10.6 Å². The molecule has 0 unspecified atom stereocenters. The van der Waals surface area contributed by atoms with E-state index in [0.717, 1.165) is 29.8 Å². The molecular weight excluding hydrogens is 514 g/mol. The molecule has 0 heterocycles. The maximum absolute atomic E-state index is 13.2. The molecule has 7 nitrogen and oxygen atoms in total. The highest BCUT2D eigenvalue weighted by atomic mass is 32.2. The third-order valence-corrected chi connectivity index (χ3v) is 6.82. The molecule has 0 radical (unpaired) electrons. The summed E-state index contributed by atoms with van der Waals surface area (Å²) in [6.07, 6.45) is -4.64. The van der Waals surface area contributed by atoms with Gasteiger partial charge in [0.1, 0.15) is 17.9 Å². The standard InChI is InChI=1S/C25H23F4N3O4S/c1-16(25(27,28)29)32-37(35,36)21-13-11-20(12-14-21)30-24(34)22(15-17-5-3-2-4-6-17)31-23(33)18-7-9-19(26)10-8-18/h2-14,16,22,32H,15H2,1H3,(H,30,34)(H,31,33)/t16-,22+/m1/s1. The van der Waals surface area contributed by atoms with Crippen molar-refractivity contribution in [3.63, 3.8) is 0 Å². The first-order valence-corrected chi connectivity index (χ1v) is 12.4. The number of amides is 2. The summed E-state index contributed by atoms with van der Waals surface area (Å²) < 4.78 is 77.4. The van der Waals surface area contributed by atoms with E-state index in [0.29, 0.717) is 6.92 Å². The summed E-state index contributed by atoms with van der Waals surface area (Å²) in [4.78, 5) is 25.3. The van der Waals surface area contributed by atoms with E-state index < -0.39 is 50.8 Å². The lowest BCUT2D eigenvalue weighted by Crippen LogP contribution is -2.45. The molecule has 0 aliphatic rings. The van der Waals surface area contributed by atoms with Gasteiger partial charge in [0.25, 0.3) is 5.91 Å². The van der Waals surface area contributed by atoms with Crippen LogP contribution in [0.15, 0.2) is 83.8 Å². The van der Waals surface area contributed by atoms with E-state index >= 15 is 0 Å². The smallest absolute Gasteiger partial charge is 0.340 e. The van der Waals surface area contributed by atoms with Crippen LogP contribution < -0.4 is 15.4 Å². The summed E-state index contributed by atoms with van der Waals surface area (Å²) in [6.45, 7) is 0.680. The molecule has 2 atom stereocenters. The zero-order valence-electron chi connectivity index (χ0n) is 19.4. The Labute approximate surface area is 210 Å². The van der Waals surface area contributed by atoms with Gasteiger partial charge in [0.15, 0.2) is 0 Å². The Bertz CT molecular complexity index is 1330. The molecule has 0 aliphatic heterocycles. The lowest BCUT2D eigenvalue weighted by Gasteiger charge is -2.19. The van der Waals surface area contributed by atoms with Gasteiger partial charge in [-0.3, -0.25) is 9.59 Å². The molecular formula is C25H23F4N3O4S. The number of hydrogen-bond donors (Lipinski definition) is 3. The minimum atomic E-state index is -4.76. The number of anilines is 1.